The summed E-state index contributed by atoms with van der Waals surface area (Å²) >= 11 is 0. The third-order valence-electron chi connectivity index (χ3n) is 4.31. The fraction of sp³-hybridized carbons (Fsp3) is 0.909. The van der Waals surface area contributed by atoms with Gasteiger partial charge in [-0.15, -0.1) is 0 Å². The number of nitriles is 1. The van der Waals surface area contributed by atoms with Crippen LogP contribution >= 0.6 is 0 Å². The fourth-order valence-electron chi connectivity index (χ4n) is 2.46. The van der Waals surface area contributed by atoms with Crippen LogP contribution in [0.25, 0.3) is 0 Å². The van der Waals surface area contributed by atoms with Gasteiger partial charge < -0.3 is 9.31 Å². The van der Waals surface area contributed by atoms with E-state index in [1.807, 2.05) is 0 Å². The van der Waals surface area contributed by atoms with Crippen LogP contribution in [0.15, 0.2) is 0 Å². The number of hydrogen-bond donors (Lipinski definition) is 0. The molecule has 1 unspecified atom stereocenters. The van der Waals surface area contributed by atoms with Crippen molar-refractivity contribution < 1.29 is 9.31 Å². The molecular formula is C11H19B2NO2. The topological polar surface area (TPSA) is 42.2 Å². The summed E-state index contributed by atoms with van der Waals surface area (Å²) in [7, 11) is -0.122. The molecule has 0 aromatic heterocycles. The summed E-state index contributed by atoms with van der Waals surface area (Å²) in [5.74, 6) is 2.74. The van der Waals surface area contributed by atoms with Gasteiger partial charge in [0.2, 0.25) is 0 Å². The summed E-state index contributed by atoms with van der Waals surface area (Å²) in [4.78, 5) is 0. The first kappa shape index (κ1) is 12.0. The lowest BCUT2D eigenvalue weighted by Crippen LogP contribution is -2.41. The van der Waals surface area contributed by atoms with E-state index < -0.39 is 0 Å². The Morgan fingerprint density at radius 1 is 1.19 bits per heavy atom. The third-order valence-corrected chi connectivity index (χ3v) is 4.31. The quantitative estimate of drug-likeness (QED) is 0.635. The molecule has 0 saturated carbocycles. The monoisotopic (exact) mass is 219 g/mol. The second-order valence-electron chi connectivity index (χ2n) is 6.02. The van der Waals surface area contributed by atoms with Crippen molar-refractivity contribution in [1.29, 1.82) is 5.26 Å². The van der Waals surface area contributed by atoms with E-state index in [0.717, 1.165) is 19.1 Å². The first-order valence-electron chi connectivity index (χ1n) is 6.11. The highest BCUT2D eigenvalue weighted by Gasteiger charge is 2.54. The molecule has 2 aliphatic rings. The first-order chi connectivity index (χ1) is 7.36. The van der Waals surface area contributed by atoms with Crippen molar-refractivity contribution in [3.8, 4) is 5.97 Å². The lowest BCUT2D eigenvalue weighted by Gasteiger charge is -2.32. The van der Waals surface area contributed by atoms with Crippen LogP contribution < -0.4 is 0 Å². The minimum Gasteiger partial charge on any atom is -0.403 e. The van der Waals surface area contributed by atoms with Crippen LogP contribution in [0.2, 0.25) is 18.5 Å². The Morgan fingerprint density at radius 2 is 1.75 bits per heavy atom. The molecule has 2 aliphatic heterocycles. The molecule has 1 atom stereocenters. The highest BCUT2D eigenvalue weighted by Crippen LogP contribution is 2.44. The summed E-state index contributed by atoms with van der Waals surface area (Å²) < 4.78 is 12.0. The molecule has 0 N–H and O–H groups in total. The highest BCUT2D eigenvalue weighted by molar-refractivity contribution is 6.70. The molecule has 16 heavy (non-hydrogen) atoms. The van der Waals surface area contributed by atoms with Crippen molar-refractivity contribution in [3.63, 3.8) is 0 Å². The van der Waals surface area contributed by atoms with Crippen molar-refractivity contribution in [1.82, 2.24) is 0 Å². The Morgan fingerprint density at radius 3 is 2.19 bits per heavy atom. The zero-order valence-electron chi connectivity index (χ0n) is 10.6. The van der Waals surface area contributed by atoms with Gasteiger partial charge in [0.25, 0.3) is 6.71 Å². The van der Waals surface area contributed by atoms with Crippen LogP contribution in [0, 0.1) is 11.2 Å². The lowest BCUT2D eigenvalue weighted by molar-refractivity contribution is 0.00578. The normalized spacial score (nSPS) is 31.8. The van der Waals surface area contributed by atoms with Crippen molar-refractivity contribution in [3.05, 3.63) is 0 Å². The highest BCUT2D eigenvalue weighted by atomic mass is 16.7. The van der Waals surface area contributed by atoms with Gasteiger partial charge in [-0.25, -0.2) is 5.26 Å². The standard InChI is InChI=1S/C11H19B2NO2/c1-10(2)11(3,4)16-13(15-10)9-5-6-12(7-9)8-14/h9H,5-7H2,1-4H3. The Hall–Kier alpha value is -0.460. The molecule has 3 nitrogen and oxygen atoms in total. The van der Waals surface area contributed by atoms with Gasteiger partial charge in [-0.2, -0.15) is 0 Å². The van der Waals surface area contributed by atoms with Crippen molar-refractivity contribution in [2.24, 2.45) is 0 Å². The molecule has 86 valence electrons. The van der Waals surface area contributed by atoms with Crippen molar-refractivity contribution in [2.75, 3.05) is 0 Å². The predicted molar refractivity (Wildman–Crippen MR) is 65.4 cm³/mol. The summed E-state index contributed by atoms with van der Waals surface area (Å²) in [5, 5.41) is 8.90. The summed E-state index contributed by atoms with van der Waals surface area (Å²) in [5.41, 5.74) is -0.495. The maximum absolute atomic E-state index is 8.90. The minimum absolute atomic E-state index is 0.122. The Kier molecular flexibility index (Phi) is 2.84. The summed E-state index contributed by atoms with van der Waals surface area (Å²) in [6.07, 6.45) is 2.97. The molecule has 0 bridgehead atoms. The second kappa shape index (κ2) is 3.78. The van der Waals surface area contributed by atoms with E-state index in [4.69, 9.17) is 14.6 Å². The molecule has 0 radical (unpaired) electrons. The zero-order valence-corrected chi connectivity index (χ0v) is 10.6. The van der Waals surface area contributed by atoms with E-state index in [1.165, 1.54) is 0 Å². The van der Waals surface area contributed by atoms with E-state index in [2.05, 4.69) is 33.7 Å². The molecule has 0 aliphatic carbocycles. The van der Waals surface area contributed by atoms with Gasteiger partial charge in [0, 0.05) is 5.97 Å². The molecular weight excluding hydrogens is 200 g/mol. The fourth-order valence-corrected chi connectivity index (χ4v) is 2.46. The Balaban J connectivity index is 2.02. The molecule has 5 heteroatoms. The van der Waals surface area contributed by atoms with Crippen LogP contribution in [0.3, 0.4) is 0 Å². The molecule has 0 amide bonds. The van der Waals surface area contributed by atoms with Crippen molar-refractivity contribution >= 4 is 13.8 Å². The van der Waals surface area contributed by atoms with Crippen LogP contribution in [-0.4, -0.2) is 25.0 Å². The molecule has 2 saturated heterocycles. The predicted octanol–water partition coefficient (Wildman–Crippen LogP) is 2.41. The average Bonchev–Trinajstić information content (AvgIpc) is 2.70. The molecule has 0 aromatic carbocycles. The van der Waals surface area contributed by atoms with Gasteiger partial charge in [-0.3, -0.25) is 0 Å². The summed E-state index contributed by atoms with van der Waals surface area (Å²) in [6, 6.07) is 0. The van der Waals surface area contributed by atoms with Crippen LogP contribution in [0.4, 0.5) is 0 Å². The van der Waals surface area contributed by atoms with Crippen LogP contribution in [-0.2, 0) is 9.31 Å². The maximum Gasteiger partial charge on any atom is 0.460 e. The molecule has 2 fully saturated rings. The van der Waals surface area contributed by atoms with Gasteiger partial charge in [0.15, 0.2) is 0 Å². The maximum atomic E-state index is 8.90. The van der Waals surface area contributed by atoms with Gasteiger partial charge in [0.1, 0.15) is 0 Å². The minimum atomic E-state index is -0.248. The van der Waals surface area contributed by atoms with E-state index in [1.54, 1.807) is 0 Å². The third kappa shape index (κ3) is 1.89. The van der Waals surface area contributed by atoms with Gasteiger partial charge in [-0.05, 0) is 33.5 Å². The Labute approximate surface area is 98.7 Å². The largest absolute Gasteiger partial charge is 0.460 e. The number of rotatable bonds is 1. The SMILES string of the molecule is CC1(C)OB(C2CCB(C#N)C2)OC1(C)C. The van der Waals surface area contributed by atoms with Gasteiger partial charge >= 0.3 is 7.12 Å². The van der Waals surface area contributed by atoms with Crippen LogP contribution in [0.5, 0.6) is 0 Å². The number of nitrogens with zero attached hydrogens (tertiary/aromatic N) is 1. The Bertz CT molecular complexity index is 308. The number of hydrogen-bond acceptors (Lipinski definition) is 3. The molecule has 0 spiro atoms. The smallest absolute Gasteiger partial charge is 0.403 e. The van der Waals surface area contributed by atoms with E-state index in [0.29, 0.717) is 5.82 Å². The molecule has 2 rings (SSSR count). The molecule has 2 heterocycles. The first-order valence-corrected chi connectivity index (χ1v) is 6.11. The van der Waals surface area contributed by atoms with Gasteiger partial charge in [0.05, 0.1) is 11.2 Å². The summed E-state index contributed by atoms with van der Waals surface area (Å²) in [6.45, 7) is 8.49. The van der Waals surface area contributed by atoms with Crippen molar-refractivity contribution in [2.45, 2.75) is 63.8 Å². The van der Waals surface area contributed by atoms with E-state index >= 15 is 0 Å². The zero-order chi connectivity index (χ0) is 12.0. The lowest BCUT2D eigenvalue weighted by atomic mass is 9.48. The van der Waals surface area contributed by atoms with Gasteiger partial charge in [-0.1, -0.05) is 19.1 Å². The molecule has 0 aromatic rings. The second-order valence-corrected chi connectivity index (χ2v) is 6.02. The van der Waals surface area contributed by atoms with Crippen LogP contribution in [0.1, 0.15) is 34.1 Å². The van der Waals surface area contributed by atoms with E-state index in [-0.39, 0.29) is 25.0 Å². The average molecular weight is 219 g/mol. The van der Waals surface area contributed by atoms with E-state index in [9.17, 15) is 0 Å².